The molecule has 1 fully saturated rings. The van der Waals surface area contributed by atoms with Crippen LogP contribution in [0.1, 0.15) is 6.42 Å². The van der Waals surface area contributed by atoms with E-state index in [-0.39, 0.29) is 6.42 Å². The van der Waals surface area contributed by atoms with Gasteiger partial charge in [0, 0.05) is 22.2 Å². The van der Waals surface area contributed by atoms with Crippen molar-refractivity contribution in [3.8, 4) is 0 Å². The van der Waals surface area contributed by atoms with Crippen LogP contribution in [0.15, 0.2) is 18.2 Å². The van der Waals surface area contributed by atoms with Crippen molar-refractivity contribution in [2.75, 3.05) is 5.32 Å². The smallest absolute Gasteiger partial charge is 0.337 e. The van der Waals surface area contributed by atoms with Gasteiger partial charge in [0.25, 0.3) is 0 Å². The molecule has 2 unspecified atom stereocenters. The van der Waals surface area contributed by atoms with E-state index in [4.69, 9.17) is 28.3 Å². The minimum Gasteiger partial charge on any atom is -0.479 e. The Morgan fingerprint density at radius 3 is 2.38 bits per heavy atom. The van der Waals surface area contributed by atoms with Crippen LogP contribution in [0.4, 0.5) is 5.69 Å². The van der Waals surface area contributed by atoms with Crippen LogP contribution < -0.4 is 5.32 Å². The third kappa shape index (κ3) is 2.09. The fraction of sp³-hybridized carbons (Fsp3) is 0.300. The minimum atomic E-state index is -1.67. The number of hydrogen-bond acceptors (Lipinski definition) is 3. The van der Waals surface area contributed by atoms with Crippen molar-refractivity contribution in [1.29, 1.82) is 0 Å². The minimum absolute atomic E-state index is 0.173. The maximum Gasteiger partial charge on any atom is 0.337 e. The van der Waals surface area contributed by atoms with E-state index in [1.165, 1.54) is 0 Å². The summed E-state index contributed by atoms with van der Waals surface area (Å²) in [4.78, 5) is 10.7. The number of hydrogen-bond donors (Lipinski definition) is 3. The highest BCUT2D eigenvalue weighted by Crippen LogP contribution is 2.39. The van der Waals surface area contributed by atoms with Gasteiger partial charge >= 0.3 is 5.97 Å². The summed E-state index contributed by atoms with van der Waals surface area (Å²) < 4.78 is 0. The number of carboxylic acids is 1. The van der Waals surface area contributed by atoms with Crippen LogP contribution in [0.5, 0.6) is 0 Å². The van der Waals surface area contributed by atoms with E-state index in [9.17, 15) is 9.90 Å². The highest BCUT2D eigenvalue weighted by Gasteiger charge is 2.60. The molecule has 0 spiro atoms. The summed E-state index contributed by atoms with van der Waals surface area (Å²) >= 11 is 11.6. The molecule has 2 atom stereocenters. The van der Waals surface area contributed by atoms with Crippen LogP contribution in [-0.2, 0) is 4.79 Å². The van der Waals surface area contributed by atoms with Gasteiger partial charge in [0.2, 0.25) is 0 Å². The molecule has 6 heteroatoms. The molecule has 1 saturated carbocycles. The fourth-order valence-corrected chi connectivity index (χ4v) is 2.02. The number of benzene rings is 1. The summed E-state index contributed by atoms with van der Waals surface area (Å²) in [5, 5.41) is 22.0. The van der Waals surface area contributed by atoms with Gasteiger partial charge in [-0.25, -0.2) is 4.79 Å². The van der Waals surface area contributed by atoms with E-state index in [1.807, 2.05) is 0 Å². The summed E-state index contributed by atoms with van der Waals surface area (Å²) in [5.74, 6) is -1.22. The first-order chi connectivity index (χ1) is 7.41. The quantitative estimate of drug-likeness (QED) is 0.779. The second kappa shape index (κ2) is 3.80. The molecule has 1 aliphatic rings. The molecule has 3 N–H and O–H groups in total. The molecule has 0 radical (unpaired) electrons. The van der Waals surface area contributed by atoms with Crippen LogP contribution in [0, 0.1) is 0 Å². The SMILES string of the molecule is O=C(O)C1(O)CC1Nc1cc(Cl)cc(Cl)c1. The predicted molar refractivity (Wildman–Crippen MR) is 61.1 cm³/mol. The number of rotatable bonds is 3. The summed E-state index contributed by atoms with van der Waals surface area (Å²) in [5.41, 5.74) is -1.07. The monoisotopic (exact) mass is 261 g/mol. The molecule has 1 aromatic carbocycles. The predicted octanol–water partition coefficient (Wildman–Crippen LogP) is 1.99. The number of anilines is 1. The first kappa shape index (κ1) is 11.5. The molecule has 0 bridgehead atoms. The molecular formula is C10H9Cl2NO3. The van der Waals surface area contributed by atoms with Crippen molar-refractivity contribution in [2.45, 2.75) is 18.1 Å². The molecular weight excluding hydrogens is 253 g/mol. The van der Waals surface area contributed by atoms with Crippen molar-refractivity contribution < 1.29 is 15.0 Å². The van der Waals surface area contributed by atoms with E-state index in [0.29, 0.717) is 15.7 Å². The lowest BCUT2D eigenvalue weighted by atomic mass is 10.3. The highest BCUT2D eigenvalue weighted by molar-refractivity contribution is 6.35. The first-order valence-corrected chi connectivity index (χ1v) is 5.36. The summed E-state index contributed by atoms with van der Waals surface area (Å²) in [6.07, 6.45) is 0.173. The molecule has 0 aliphatic heterocycles. The van der Waals surface area contributed by atoms with Crippen molar-refractivity contribution in [3.05, 3.63) is 28.2 Å². The van der Waals surface area contributed by atoms with Gasteiger partial charge in [0.1, 0.15) is 0 Å². The molecule has 0 heterocycles. The molecule has 16 heavy (non-hydrogen) atoms. The van der Waals surface area contributed by atoms with E-state index in [1.54, 1.807) is 18.2 Å². The molecule has 1 aromatic rings. The van der Waals surface area contributed by atoms with Gasteiger partial charge in [0.05, 0.1) is 6.04 Å². The van der Waals surface area contributed by atoms with E-state index in [0.717, 1.165) is 0 Å². The van der Waals surface area contributed by atoms with Gasteiger partial charge in [-0.3, -0.25) is 0 Å². The molecule has 0 amide bonds. The summed E-state index contributed by atoms with van der Waals surface area (Å²) in [6, 6.07) is 4.31. The number of carboxylic acid groups (broad SMARTS) is 1. The number of carbonyl (C=O) groups is 1. The lowest BCUT2D eigenvalue weighted by Gasteiger charge is -2.08. The Morgan fingerprint density at radius 1 is 1.38 bits per heavy atom. The second-order valence-corrected chi connectivity index (χ2v) is 4.66. The van der Waals surface area contributed by atoms with Gasteiger partial charge in [-0.2, -0.15) is 0 Å². The third-order valence-electron chi connectivity index (χ3n) is 2.51. The average Bonchev–Trinajstić information content (AvgIpc) is 2.76. The van der Waals surface area contributed by atoms with Crippen molar-refractivity contribution in [3.63, 3.8) is 0 Å². The van der Waals surface area contributed by atoms with Gasteiger partial charge < -0.3 is 15.5 Å². The van der Waals surface area contributed by atoms with E-state index < -0.39 is 17.6 Å². The highest BCUT2D eigenvalue weighted by atomic mass is 35.5. The lowest BCUT2D eigenvalue weighted by molar-refractivity contribution is -0.149. The number of nitrogens with one attached hydrogen (secondary N) is 1. The van der Waals surface area contributed by atoms with Crippen LogP contribution in [0.25, 0.3) is 0 Å². The normalized spacial score (nSPS) is 27.6. The van der Waals surface area contributed by atoms with Gasteiger partial charge in [-0.05, 0) is 18.2 Å². The lowest BCUT2D eigenvalue weighted by Crippen LogP contribution is -2.29. The summed E-state index contributed by atoms with van der Waals surface area (Å²) in [7, 11) is 0. The largest absolute Gasteiger partial charge is 0.479 e. The zero-order valence-corrected chi connectivity index (χ0v) is 9.59. The average molecular weight is 262 g/mol. The molecule has 86 valence electrons. The Morgan fingerprint density at radius 2 is 1.94 bits per heavy atom. The van der Waals surface area contributed by atoms with Crippen LogP contribution >= 0.6 is 23.2 Å². The standard InChI is InChI=1S/C10H9Cl2NO3/c11-5-1-6(12)3-7(2-5)13-8-4-10(8,16)9(14)15/h1-3,8,13,16H,4H2,(H,14,15). The fourth-order valence-electron chi connectivity index (χ4n) is 1.50. The number of halogens is 2. The Balaban J connectivity index is 2.09. The third-order valence-corrected chi connectivity index (χ3v) is 2.94. The topological polar surface area (TPSA) is 69.6 Å². The molecule has 1 aliphatic carbocycles. The van der Waals surface area contributed by atoms with Crippen molar-refractivity contribution >= 4 is 34.9 Å². The van der Waals surface area contributed by atoms with E-state index >= 15 is 0 Å². The summed E-state index contributed by atoms with van der Waals surface area (Å²) in [6.45, 7) is 0. The zero-order valence-electron chi connectivity index (χ0n) is 8.08. The maximum atomic E-state index is 10.7. The van der Waals surface area contributed by atoms with E-state index in [2.05, 4.69) is 5.32 Å². The van der Waals surface area contributed by atoms with Crippen LogP contribution in [0.3, 0.4) is 0 Å². The zero-order chi connectivity index (χ0) is 11.9. The van der Waals surface area contributed by atoms with Gasteiger partial charge in [-0.15, -0.1) is 0 Å². The molecule has 0 saturated heterocycles. The van der Waals surface area contributed by atoms with Crippen molar-refractivity contribution in [1.82, 2.24) is 0 Å². The van der Waals surface area contributed by atoms with Crippen molar-refractivity contribution in [2.24, 2.45) is 0 Å². The van der Waals surface area contributed by atoms with Gasteiger partial charge in [0.15, 0.2) is 5.60 Å². The van der Waals surface area contributed by atoms with Crippen LogP contribution in [-0.4, -0.2) is 27.8 Å². The first-order valence-electron chi connectivity index (χ1n) is 4.60. The maximum absolute atomic E-state index is 10.7. The molecule has 2 rings (SSSR count). The Labute approximate surface area is 102 Å². The molecule has 0 aromatic heterocycles. The van der Waals surface area contributed by atoms with Crippen LogP contribution in [0.2, 0.25) is 10.0 Å². The Hall–Kier alpha value is -0.970. The van der Waals surface area contributed by atoms with Gasteiger partial charge in [-0.1, -0.05) is 23.2 Å². The number of aliphatic carboxylic acids is 1. The number of aliphatic hydroxyl groups is 1. The molecule has 4 nitrogen and oxygen atoms in total. The Bertz CT molecular complexity index is 431. The second-order valence-electron chi connectivity index (χ2n) is 3.79. The Kier molecular flexibility index (Phi) is 2.74.